The molecule has 1 rings (SSSR count). The van der Waals surface area contributed by atoms with Crippen LogP contribution in [0.25, 0.3) is 12.2 Å². The summed E-state index contributed by atoms with van der Waals surface area (Å²) in [5.41, 5.74) is 1.80. The lowest BCUT2D eigenvalue weighted by Gasteiger charge is -1.92. The first-order valence-corrected chi connectivity index (χ1v) is 3.61. The first-order valence-electron chi connectivity index (χ1n) is 3.61. The molecule has 12 heavy (non-hydrogen) atoms. The van der Waals surface area contributed by atoms with Crippen molar-refractivity contribution in [2.45, 2.75) is 0 Å². The molecule has 0 amide bonds. The van der Waals surface area contributed by atoms with E-state index in [1.165, 1.54) is 6.08 Å². The summed E-state index contributed by atoms with van der Waals surface area (Å²) in [4.78, 5) is 2.98. The van der Waals surface area contributed by atoms with E-state index in [4.69, 9.17) is 5.11 Å². The molecule has 0 saturated carbocycles. The van der Waals surface area contributed by atoms with Crippen LogP contribution in [-0.4, -0.2) is 10.1 Å². The van der Waals surface area contributed by atoms with Crippen molar-refractivity contribution in [3.63, 3.8) is 0 Å². The lowest BCUT2D eigenvalue weighted by molar-refractivity contribution is 0.438. The van der Waals surface area contributed by atoms with E-state index in [-0.39, 0.29) is 5.76 Å². The van der Waals surface area contributed by atoms with Gasteiger partial charge < -0.3 is 10.1 Å². The highest BCUT2D eigenvalue weighted by molar-refractivity contribution is 5.63. The van der Waals surface area contributed by atoms with Crippen molar-refractivity contribution in [1.82, 2.24) is 4.98 Å². The molecule has 0 unspecified atom stereocenters. The lowest BCUT2D eigenvalue weighted by Crippen LogP contribution is -1.77. The number of aliphatic hydroxyl groups excluding tert-OH is 1. The number of hydrogen-bond donors (Lipinski definition) is 2. The third kappa shape index (κ3) is 1.66. The summed E-state index contributed by atoms with van der Waals surface area (Å²) in [6.07, 6.45) is 6.50. The van der Waals surface area contributed by atoms with Crippen LogP contribution in [-0.2, 0) is 0 Å². The molecule has 0 atom stereocenters. The second-order valence-corrected chi connectivity index (χ2v) is 2.32. The molecule has 0 spiro atoms. The molecule has 0 bridgehead atoms. The third-order valence-corrected chi connectivity index (χ3v) is 1.53. The van der Waals surface area contributed by atoms with Gasteiger partial charge in [-0.1, -0.05) is 13.2 Å². The van der Waals surface area contributed by atoms with Gasteiger partial charge >= 0.3 is 0 Å². The molecule has 0 saturated heterocycles. The summed E-state index contributed by atoms with van der Waals surface area (Å²) in [5.74, 6) is 0.151. The Morgan fingerprint density at radius 2 is 2.25 bits per heavy atom. The van der Waals surface area contributed by atoms with Gasteiger partial charge in [-0.25, -0.2) is 0 Å². The number of aromatic amines is 1. The first-order chi connectivity index (χ1) is 5.77. The zero-order valence-corrected chi connectivity index (χ0v) is 6.75. The Hall–Kier alpha value is -1.70. The number of allylic oxidation sites excluding steroid dienone is 1. The van der Waals surface area contributed by atoms with Gasteiger partial charge in [0.1, 0.15) is 5.76 Å². The van der Waals surface area contributed by atoms with E-state index in [0.29, 0.717) is 0 Å². The molecule has 0 aliphatic rings. The lowest BCUT2D eigenvalue weighted by atomic mass is 10.2. The van der Waals surface area contributed by atoms with Gasteiger partial charge in [-0.15, -0.1) is 0 Å². The van der Waals surface area contributed by atoms with Gasteiger partial charge in [-0.3, -0.25) is 0 Å². The standard InChI is InChI=1S/C10H11NO/c1-3-9(12)7-8-5-6-11-10(8)4-2/h3-7,11-12H,1-2H2/b9-7+. The van der Waals surface area contributed by atoms with Crippen LogP contribution in [0.15, 0.2) is 37.3 Å². The molecular formula is C10H11NO. The monoisotopic (exact) mass is 161 g/mol. The number of nitrogens with one attached hydrogen (secondary N) is 1. The van der Waals surface area contributed by atoms with Gasteiger partial charge in [0.2, 0.25) is 0 Å². The fraction of sp³-hybridized carbons (Fsp3) is 0. The maximum absolute atomic E-state index is 9.14. The van der Waals surface area contributed by atoms with Crippen molar-refractivity contribution in [2.75, 3.05) is 0 Å². The minimum absolute atomic E-state index is 0.151. The Morgan fingerprint density at radius 3 is 2.83 bits per heavy atom. The van der Waals surface area contributed by atoms with Crippen LogP contribution in [0.4, 0.5) is 0 Å². The van der Waals surface area contributed by atoms with Gasteiger partial charge in [0.05, 0.1) is 0 Å². The Kier molecular flexibility index (Phi) is 2.53. The van der Waals surface area contributed by atoms with Crippen molar-refractivity contribution in [1.29, 1.82) is 0 Å². The van der Waals surface area contributed by atoms with Gasteiger partial charge in [0.25, 0.3) is 0 Å². The number of rotatable bonds is 3. The minimum Gasteiger partial charge on any atom is -0.508 e. The largest absolute Gasteiger partial charge is 0.508 e. The molecule has 1 aromatic heterocycles. The fourth-order valence-corrected chi connectivity index (χ4v) is 0.915. The second kappa shape index (κ2) is 3.62. The van der Waals surface area contributed by atoms with Crippen LogP contribution < -0.4 is 0 Å². The molecule has 1 aromatic rings. The summed E-state index contributed by atoms with van der Waals surface area (Å²) < 4.78 is 0. The van der Waals surface area contributed by atoms with E-state index in [1.54, 1.807) is 18.3 Å². The third-order valence-electron chi connectivity index (χ3n) is 1.53. The van der Waals surface area contributed by atoms with Crippen LogP contribution in [0, 0.1) is 0 Å². The summed E-state index contributed by atoms with van der Waals surface area (Å²) in [7, 11) is 0. The Bertz CT molecular complexity index is 320. The topological polar surface area (TPSA) is 36.0 Å². The molecule has 0 aliphatic carbocycles. The minimum atomic E-state index is 0.151. The van der Waals surface area contributed by atoms with Gasteiger partial charge in [-0.05, 0) is 24.3 Å². The zero-order valence-electron chi connectivity index (χ0n) is 6.75. The average Bonchev–Trinajstić information content (AvgIpc) is 2.51. The predicted molar refractivity (Wildman–Crippen MR) is 51.7 cm³/mol. The molecule has 1 heterocycles. The predicted octanol–water partition coefficient (Wildman–Crippen LogP) is 2.74. The number of aromatic nitrogens is 1. The SMILES string of the molecule is C=C/C(O)=C\c1cc[nH]c1C=C. The molecule has 0 aromatic carbocycles. The highest BCUT2D eigenvalue weighted by Gasteiger charge is 1.96. The summed E-state index contributed by atoms with van der Waals surface area (Å²) in [5, 5.41) is 9.14. The van der Waals surface area contributed by atoms with Crippen LogP contribution in [0.2, 0.25) is 0 Å². The van der Waals surface area contributed by atoms with E-state index in [9.17, 15) is 0 Å². The van der Waals surface area contributed by atoms with Gasteiger partial charge in [0.15, 0.2) is 0 Å². The average molecular weight is 161 g/mol. The second-order valence-electron chi connectivity index (χ2n) is 2.32. The van der Waals surface area contributed by atoms with Crippen LogP contribution >= 0.6 is 0 Å². The van der Waals surface area contributed by atoms with Crippen molar-refractivity contribution < 1.29 is 5.11 Å². The molecule has 0 fully saturated rings. The van der Waals surface area contributed by atoms with E-state index >= 15 is 0 Å². The first kappa shape index (κ1) is 8.40. The zero-order chi connectivity index (χ0) is 8.97. The van der Waals surface area contributed by atoms with E-state index in [0.717, 1.165) is 11.3 Å². The van der Waals surface area contributed by atoms with Crippen LogP contribution in [0.3, 0.4) is 0 Å². The molecule has 62 valence electrons. The number of hydrogen-bond acceptors (Lipinski definition) is 1. The van der Waals surface area contributed by atoms with Crippen molar-refractivity contribution in [3.05, 3.63) is 48.5 Å². The quantitative estimate of drug-likeness (QED) is 0.519. The Balaban J connectivity index is 3.02. The molecular weight excluding hydrogens is 150 g/mol. The molecule has 2 heteroatoms. The highest BCUT2D eigenvalue weighted by atomic mass is 16.3. The van der Waals surface area contributed by atoms with Crippen molar-refractivity contribution >= 4 is 12.2 Å². The van der Waals surface area contributed by atoms with Crippen LogP contribution in [0.5, 0.6) is 0 Å². The van der Waals surface area contributed by atoms with E-state index in [1.807, 2.05) is 6.07 Å². The Morgan fingerprint density at radius 1 is 1.50 bits per heavy atom. The van der Waals surface area contributed by atoms with E-state index in [2.05, 4.69) is 18.1 Å². The molecule has 0 aliphatic heterocycles. The van der Waals surface area contributed by atoms with Crippen LogP contribution in [0.1, 0.15) is 11.3 Å². The maximum Gasteiger partial charge on any atom is 0.115 e. The maximum atomic E-state index is 9.14. The fourth-order valence-electron chi connectivity index (χ4n) is 0.915. The van der Waals surface area contributed by atoms with Crippen molar-refractivity contribution in [3.8, 4) is 0 Å². The Labute approximate surface area is 71.6 Å². The molecule has 2 N–H and O–H groups in total. The van der Waals surface area contributed by atoms with Gasteiger partial charge in [-0.2, -0.15) is 0 Å². The molecule has 0 radical (unpaired) electrons. The normalized spacial score (nSPS) is 11.2. The van der Waals surface area contributed by atoms with E-state index < -0.39 is 0 Å². The van der Waals surface area contributed by atoms with Gasteiger partial charge in [0, 0.05) is 17.5 Å². The summed E-state index contributed by atoms with van der Waals surface area (Å²) in [6.45, 7) is 7.07. The molecule has 2 nitrogen and oxygen atoms in total. The highest BCUT2D eigenvalue weighted by Crippen LogP contribution is 2.11. The van der Waals surface area contributed by atoms with Crippen molar-refractivity contribution in [2.24, 2.45) is 0 Å². The smallest absolute Gasteiger partial charge is 0.115 e. The summed E-state index contributed by atoms with van der Waals surface area (Å²) in [6, 6.07) is 1.86. The number of aliphatic hydroxyl groups is 1. The number of H-pyrrole nitrogens is 1. The summed E-state index contributed by atoms with van der Waals surface area (Å²) >= 11 is 0.